The summed E-state index contributed by atoms with van der Waals surface area (Å²) in [5.41, 5.74) is 0.0185. The molecule has 18 heavy (non-hydrogen) atoms. The van der Waals surface area contributed by atoms with E-state index in [0.29, 0.717) is 0 Å². The molecule has 0 bridgehead atoms. The zero-order valence-electron chi connectivity index (χ0n) is 10.8. The number of nitrogens with one attached hydrogen (secondary N) is 1. The molecule has 0 saturated heterocycles. The van der Waals surface area contributed by atoms with Crippen LogP contribution in [-0.4, -0.2) is 28.0 Å². The molecule has 0 radical (unpaired) electrons. The van der Waals surface area contributed by atoms with Gasteiger partial charge in [-0.25, -0.2) is 9.78 Å². The van der Waals surface area contributed by atoms with Crippen molar-refractivity contribution in [3.05, 3.63) is 16.1 Å². The summed E-state index contributed by atoms with van der Waals surface area (Å²) < 4.78 is 0. The Hall–Kier alpha value is -1.43. The topological polar surface area (TPSA) is 79.3 Å². The number of aromatic carboxylic acids is 1. The maximum Gasteiger partial charge on any atom is 0.355 e. The van der Waals surface area contributed by atoms with Crippen LogP contribution in [0.3, 0.4) is 0 Å². The minimum Gasteiger partial charge on any atom is -0.476 e. The number of nitrogens with zero attached hydrogens (tertiary/aromatic N) is 1. The largest absolute Gasteiger partial charge is 0.476 e. The molecule has 1 aromatic heterocycles. The first-order valence-corrected chi connectivity index (χ1v) is 6.55. The molecule has 0 aromatic carbocycles. The summed E-state index contributed by atoms with van der Waals surface area (Å²) in [5, 5.41) is 13.2. The molecule has 0 spiro atoms. The first-order chi connectivity index (χ1) is 8.18. The molecular formula is C12H16N2O3S. The highest BCUT2D eigenvalue weighted by atomic mass is 32.1. The van der Waals surface area contributed by atoms with Crippen LogP contribution in [0.25, 0.3) is 0 Å². The van der Waals surface area contributed by atoms with Crippen LogP contribution in [0.1, 0.15) is 48.0 Å². The van der Waals surface area contributed by atoms with E-state index in [9.17, 15) is 9.59 Å². The highest BCUT2D eigenvalue weighted by molar-refractivity contribution is 7.11. The lowest BCUT2D eigenvalue weighted by Gasteiger charge is -2.03. The van der Waals surface area contributed by atoms with Crippen LogP contribution in [0.5, 0.6) is 0 Å². The van der Waals surface area contributed by atoms with Crippen LogP contribution in [0.4, 0.5) is 0 Å². The van der Waals surface area contributed by atoms with Crippen LogP contribution in [0, 0.1) is 10.8 Å². The molecule has 0 aliphatic heterocycles. The van der Waals surface area contributed by atoms with E-state index < -0.39 is 5.97 Å². The van der Waals surface area contributed by atoms with Crippen LogP contribution in [0.2, 0.25) is 0 Å². The number of carboxylic acid groups (broad SMARTS) is 1. The molecule has 1 saturated carbocycles. The molecule has 1 amide bonds. The zero-order valence-corrected chi connectivity index (χ0v) is 11.6. The van der Waals surface area contributed by atoms with Gasteiger partial charge in [-0.05, 0) is 10.8 Å². The maximum atomic E-state index is 12.0. The van der Waals surface area contributed by atoms with Crippen LogP contribution < -0.4 is 5.32 Å². The number of hydrogen-bond donors (Lipinski definition) is 2. The second-order valence-corrected chi connectivity index (χ2v) is 6.55. The number of carboxylic acids is 1. The molecule has 1 fully saturated rings. The number of thiazole rings is 1. The second kappa shape index (κ2) is 3.78. The number of carbonyl (C=O) groups excluding carboxylic acids is 1. The maximum absolute atomic E-state index is 12.0. The normalized spacial score (nSPS) is 20.4. The molecule has 1 aliphatic carbocycles. The van der Waals surface area contributed by atoms with Crippen molar-refractivity contribution in [3.8, 4) is 0 Å². The van der Waals surface area contributed by atoms with E-state index in [0.717, 1.165) is 11.3 Å². The van der Waals surface area contributed by atoms with Gasteiger partial charge in [0.15, 0.2) is 10.7 Å². The highest BCUT2D eigenvalue weighted by Crippen LogP contribution is 2.62. The van der Waals surface area contributed by atoms with Crippen LogP contribution in [-0.2, 0) is 0 Å². The summed E-state index contributed by atoms with van der Waals surface area (Å²) in [5.74, 6) is -1.41. The third-order valence-electron chi connectivity index (χ3n) is 4.21. The van der Waals surface area contributed by atoms with E-state index in [1.54, 1.807) is 0 Å². The van der Waals surface area contributed by atoms with E-state index in [1.807, 2.05) is 0 Å². The van der Waals surface area contributed by atoms with E-state index in [4.69, 9.17) is 5.11 Å². The number of rotatable bonds is 3. The quantitative estimate of drug-likeness (QED) is 0.878. The van der Waals surface area contributed by atoms with Gasteiger partial charge in [0, 0.05) is 11.4 Å². The SMILES string of the molecule is CC1(C)C(NC(=O)c2nc(C(=O)O)cs2)C1(C)C. The fraction of sp³-hybridized carbons (Fsp3) is 0.583. The van der Waals surface area contributed by atoms with Crippen LogP contribution in [0.15, 0.2) is 5.38 Å². The Bertz CT molecular complexity index is 505. The average molecular weight is 268 g/mol. The molecule has 6 heteroatoms. The summed E-state index contributed by atoms with van der Waals surface area (Å²) in [4.78, 5) is 26.4. The molecule has 1 aliphatic rings. The number of amides is 1. The van der Waals surface area contributed by atoms with E-state index >= 15 is 0 Å². The van der Waals surface area contributed by atoms with Crippen LogP contribution >= 0.6 is 11.3 Å². The van der Waals surface area contributed by atoms with Gasteiger partial charge in [-0.15, -0.1) is 11.3 Å². The van der Waals surface area contributed by atoms with E-state index in [2.05, 4.69) is 38.0 Å². The summed E-state index contributed by atoms with van der Waals surface area (Å²) in [6.07, 6.45) is 0. The number of hydrogen-bond acceptors (Lipinski definition) is 4. The average Bonchev–Trinajstić information content (AvgIpc) is 2.68. The van der Waals surface area contributed by atoms with Gasteiger partial charge < -0.3 is 10.4 Å². The Morgan fingerprint density at radius 2 is 1.89 bits per heavy atom. The predicted octanol–water partition coefficient (Wildman–Crippen LogP) is 2.01. The summed E-state index contributed by atoms with van der Waals surface area (Å²) in [6.45, 7) is 8.40. The van der Waals surface area contributed by atoms with Gasteiger partial charge in [0.25, 0.3) is 5.91 Å². The summed E-state index contributed by atoms with van der Waals surface area (Å²) in [7, 11) is 0. The van der Waals surface area contributed by atoms with Crippen molar-refractivity contribution in [2.24, 2.45) is 10.8 Å². The molecule has 2 N–H and O–H groups in total. The lowest BCUT2D eigenvalue weighted by atomic mass is 10.0. The third-order valence-corrected chi connectivity index (χ3v) is 5.05. The second-order valence-electron chi connectivity index (χ2n) is 5.69. The smallest absolute Gasteiger partial charge is 0.355 e. The van der Waals surface area contributed by atoms with Gasteiger partial charge in [-0.3, -0.25) is 4.79 Å². The van der Waals surface area contributed by atoms with Crippen molar-refractivity contribution in [2.45, 2.75) is 33.7 Å². The third kappa shape index (κ3) is 1.80. The monoisotopic (exact) mass is 268 g/mol. The molecule has 98 valence electrons. The molecule has 1 heterocycles. The van der Waals surface area contributed by atoms with Gasteiger partial charge in [0.05, 0.1) is 0 Å². The van der Waals surface area contributed by atoms with Gasteiger partial charge in [0.2, 0.25) is 0 Å². The van der Waals surface area contributed by atoms with Crippen molar-refractivity contribution < 1.29 is 14.7 Å². The zero-order chi connectivity index (χ0) is 13.7. The Morgan fingerprint density at radius 1 is 1.33 bits per heavy atom. The van der Waals surface area contributed by atoms with Crippen molar-refractivity contribution >= 4 is 23.2 Å². The lowest BCUT2D eigenvalue weighted by Crippen LogP contribution is -2.29. The van der Waals surface area contributed by atoms with Crippen molar-refractivity contribution in [3.63, 3.8) is 0 Å². The van der Waals surface area contributed by atoms with Gasteiger partial charge in [-0.2, -0.15) is 0 Å². The predicted molar refractivity (Wildman–Crippen MR) is 67.9 cm³/mol. The van der Waals surface area contributed by atoms with E-state index in [-0.39, 0.29) is 33.5 Å². The molecule has 0 unspecified atom stereocenters. The minimum absolute atomic E-state index is 0.0511. The van der Waals surface area contributed by atoms with Gasteiger partial charge >= 0.3 is 5.97 Å². The highest BCUT2D eigenvalue weighted by Gasteiger charge is 2.65. The molecule has 5 nitrogen and oxygen atoms in total. The Balaban J connectivity index is 2.08. The standard InChI is InChI=1S/C12H16N2O3S/c1-11(2)10(12(11,3)4)14-7(15)8-13-6(5-18-8)9(16)17/h5,10H,1-4H3,(H,14,15)(H,16,17). The lowest BCUT2D eigenvalue weighted by molar-refractivity contribution is 0.0691. The fourth-order valence-corrected chi connectivity index (χ4v) is 2.92. The number of aromatic nitrogens is 1. The van der Waals surface area contributed by atoms with Gasteiger partial charge in [0.1, 0.15) is 0 Å². The molecule has 1 aromatic rings. The molecule has 0 atom stereocenters. The Kier molecular flexibility index (Phi) is 2.73. The summed E-state index contributed by atoms with van der Waals surface area (Å²) >= 11 is 1.05. The summed E-state index contributed by atoms with van der Waals surface area (Å²) in [6, 6.07) is 0.0923. The Labute approximate surface area is 109 Å². The molecular weight excluding hydrogens is 252 g/mol. The Morgan fingerprint density at radius 3 is 2.28 bits per heavy atom. The number of carbonyl (C=O) groups is 2. The van der Waals surface area contributed by atoms with Crippen molar-refractivity contribution in [2.75, 3.05) is 0 Å². The van der Waals surface area contributed by atoms with Gasteiger partial charge in [-0.1, -0.05) is 27.7 Å². The fourth-order valence-electron chi connectivity index (χ4n) is 2.23. The molecule has 2 rings (SSSR count). The van der Waals surface area contributed by atoms with Crippen molar-refractivity contribution in [1.29, 1.82) is 0 Å². The minimum atomic E-state index is -1.11. The van der Waals surface area contributed by atoms with E-state index in [1.165, 1.54) is 5.38 Å². The van der Waals surface area contributed by atoms with Crippen molar-refractivity contribution in [1.82, 2.24) is 10.3 Å². The first kappa shape index (κ1) is 13.0. The first-order valence-electron chi connectivity index (χ1n) is 5.67.